The summed E-state index contributed by atoms with van der Waals surface area (Å²) in [6, 6.07) is 4.60. The predicted octanol–water partition coefficient (Wildman–Crippen LogP) is 3.81. The molecule has 1 saturated carbocycles. The Balaban J connectivity index is 2.05. The maximum atomic E-state index is 3.54. The normalized spacial score (nSPS) is 27.5. The fraction of sp³-hybridized carbons (Fsp3) is 0.600. The average Bonchev–Trinajstić information content (AvgIpc) is 2.75. The molecule has 0 spiro atoms. The highest BCUT2D eigenvalue weighted by molar-refractivity contribution is 9.09. The molecule has 1 aromatic heterocycles. The first-order chi connectivity index (χ1) is 5.85. The zero-order valence-electron chi connectivity index (χ0n) is 7.22. The second-order valence-corrected chi connectivity index (χ2v) is 5.26. The van der Waals surface area contributed by atoms with E-state index in [1.807, 2.05) is 11.3 Å². The van der Waals surface area contributed by atoms with E-state index in [2.05, 4.69) is 35.0 Å². The van der Waals surface area contributed by atoms with Crippen LogP contribution in [0.5, 0.6) is 0 Å². The summed E-state index contributed by atoms with van der Waals surface area (Å²) < 4.78 is 0. The van der Waals surface area contributed by atoms with Crippen molar-refractivity contribution in [1.29, 1.82) is 0 Å². The van der Waals surface area contributed by atoms with Crippen molar-refractivity contribution in [1.82, 2.24) is 0 Å². The van der Waals surface area contributed by atoms with Crippen molar-refractivity contribution < 1.29 is 0 Å². The zero-order valence-corrected chi connectivity index (χ0v) is 9.62. The van der Waals surface area contributed by atoms with E-state index in [1.165, 1.54) is 23.0 Å². The van der Waals surface area contributed by atoms with E-state index in [4.69, 9.17) is 0 Å². The summed E-state index contributed by atoms with van der Waals surface area (Å²) in [6.45, 7) is 2.23. The number of hydrogen-bond donors (Lipinski definition) is 0. The summed E-state index contributed by atoms with van der Waals surface area (Å²) in [6.07, 6.45) is 2.59. The SMILES string of the molecule is CCc1ccc(C2CC2CBr)s1. The summed E-state index contributed by atoms with van der Waals surface area (Å²) in [5.41, 5.74) is 0. The molecule has 0 N–H and O–H groups in total. The molecule has 12 heavy (non-hydrogen) atoms. The van der Waals surface area contributed by atoms with E-state index in [9.17, 15) is 0 Å². The van der Waals surface area contributed by atoms with Crippen LogP contribution in [0.4, 0.5) is 0 Å². The topological polar surface area (TPSA) is 0 Å². The Labute approximate surface area is 86.1 Å². The number of aryl methyl sites for hydroxylation is 1. The molecule has 66 valence electrons. The molecule has 1 aromatic rings. The average molecular weight is 245 g/mol. The van der Waals surface area contributed by atoms with Gasteiger partial charge in [-0.3, -0.25) is 0 Å². The van der Waals surface area contributed by atoms with Crippen LogP contribution in [0.3, 0.4) is 0 Å². The Morgan fingerprint density at radius 2 is 2.42 bits per heavy atom. The first-order valence-electron chi connectivity index (χ1n) is 4.49. The van der Waals surface area contributed by atoms with Crippen molar-refractivity contribution >= 4 is 27.3 Å². The quantitative estimate of drug-likeness (QED) is 0.710. The summed E-state index contributed by atoms with van der Waals surface area (Å²) in [5.74, 6) is 1.81. The van der Waals surface area contributed by atoms with Gasteiger partial charge in [0.15, 0.2) is 0 Å². The molecule has 2 heteroatoms. The highest BCUT2D eigenvalue weighted by Gasteiger charge is 2.37. The molecule has 0 bridgehead atoms. The van der Waals surface area contributed by atoms with Crippen molar-refractivity contribution in [3.8, 4) is 0 Å². The minimum Gasteiger partial charge on any atom is -0.145 e. The van der Waals surface area contributed by atoms with Crippen LogP contribution in [0.1, 0.15) is 29.0 Å². The van der Waals surface area contributed by atoms with Crippen molar-refractivity contribution in [2.75, 3.05) is 5.33 Å². The lowest BCUT2D eigenvalue weighted by molar-refractivity contribution is 0.950. The number of alkyl halides is 1. The first kappa shape index (κ1) is 8.76. The molecule has 1 heterocycles. The summed E-state index contributed by atoms with van der Waals surface area (Å²) >= 11 is 5.54. The molecule has 1 fully saturated rings. The van der Waals surface area contributed by atoms with Gasteiger partial charge >= 0.3 is 0 Å². The predicted molar refractivity (Wildman–Crippen MR) is 58.3 cm³/mol. The van der Waals surface area contributed by atoms with Crippen molar-refractivity contribution in [2.24, 2.45) is 5.92 Å². The van der Waals surface area contributed by atoms with Gasteiger partial charge in [0.2, 0.25) is 0 Å². The van der Waals surface area contributed by atoms with Gasteiger partial charge in [0.1, 0.15) is 0 Å². The van der Waals surface area contributed by atoms with Crippen molar-refractivity contribution in [3.05, 3.63) is 21.9 Å². The Bertz CT molecular complexity index is 267. The third-order valence-electron chi connectivity index (χ3n) is 2.52. The van der Waals surface area contributed by atoms with E-state index >= 15 is 0 Å². The number of halogens is 1. The van der Waals surface area contributed by atoms with E-state index in [1.54, 1.807) is 4.88 Å². The van der Waals surface area contributed by atoms with E-state index in [-0.39, 0.29) is 0 Å². The molecular formula is C10H13BrS. The molecular weight excluding hydrogens is 232 g/mol. The van der Waals surface area contributed by atoms with Crippen LogP contribution >= 0.6 is 27.3 Å². The third-order valence-corrected chi connectivity index (χ3v) is 4.71. The van der Waals surface area contributed by atoms with Crippen LogP contribution in [-0.4, -0.2) is 5.33 Å². The van der Waals surface area contributed by atoms with Gasteiger partial charge in [-0.05, 0) is 36.8 Å². The van der Waals surface area contributed by atoms with Crippen LogP contribution in [0.15, 0.2) is 12.1 Å². The van der Waals surface area contributed by atoms with Crippen LogP contribution in [-0.2, 0) is 6.42 Å². The highest BCUT2D eigenvalue weighted by atomic mass is 79.9. The summed E-state index contributed by atoms with van der Waals surface area (Å²) in [5, 5.41) is 1.18. The van der Waals surface area contributed by atoms with Gasteiger partial charge in [-0.1, -0.05) is 22.9 Å². The lowest BCUT2D eigenvalue weighted by Crippen LogP contribution is -1.78. The third kappa shape index (κ3) is 1.60. The molecule has 0 radical (unpaired) electrons. The molecule has 1 aliphatic rings. The van der Waals surface area contributed by atoms with Gasteiger partial charge in [-0.2, -0.15) is 0 Å². The second kappa shape index (κ2) is 3.51. The Morgan fingerprint density at radius 3 is 2.92 bits per heavy atom. The van der Waals surface area contributed by atoms with Gasteiger partial charge in [-0.15, -0.1) is 11.3 Å². The monoisotopic (exact) mass is 244 g/mol. The smallest absolute Gasteiger partial charge is 0.00823 e. The van der Waals surface area contributed by atoms with E-state index in [0.717, 1.165) is 11.8 Å². The molecule has 0 aliphatic heterocycles. The van der Waals surface area contributed by atoms with Crippen LogP contribution in [0.25, 0.3) is 0 Å². The van der Waals surface area contributed by atoms with E-state index < -0.39 is 0 Å². The Hall–Kier alpha value is 0.180. The maximum Gasteiger partial charge on any atom is 0.00823 e. The highest BCUT2D eigenvalue weighted by Crippen LogP contribution is 2.50. The van der Waals surface area contributed by atoms with E-state index in [0.29, 0.717) is 0 Å². The minimum absolute atomic E-state index is 0.884. The lowest BCUT2D eigenvalue weighted by atomic mass is 10.3. The molecule has 0 aromatic carbocycles. The molecule has 1 aliphatic carbocycles. The summed E-state index contributed by atoms with van der Waals surface area (Å²) in [7, 11) is 0. The number of thiophene rings is 1. The largest absolute Gasteiger partial charge is 0.145 e. The maximum absolute atomic E-state index is 3.54. The van der Waals surface area contributed by atoms with Crippen molar-refractivity contribution in [3.63, 3.8) is 0 Å². The standard InChI is InChI=1S/C10H13BrS/c1-2-8-3-4-10(12-8)9-5-7(9)6-11/h3-4,7,9H,2,5-6H2,1H3. The van der Waals surface area contributed by atoms with Gasteiger partial charge in [-0.25, -0.2) is 0 Å². The molecule has 0 nitrogen and oxygen atoms in total. The molecule has 2 rings (SSSR count). The van der Waals surface area contributed by atoms with Gasteiger partial charge < -0.3 is 0 Å². The van der Waals surface area contributed by atoms with Crippen LogP contribution < -0.4 is 0 Å². The lowest BCUT2D eigenvalue weighted by Gasteiger charge is -1.90. The first-order valence-corrected chi connectivity index (χ1v) is 6.43. The minimum atomic E-state index is 0.884. The van der Waals surface area contributed by atoms with Crippen LogP contribution in [0.2, 0.25) is 0 Å². The Morgan fingerprint density at radius 1 is 1.58 bits per heavy atom. The van der Waals surface area contributed by atoms with Crippen LogP contribution in [0, 0.1) is 5.92 Å². The zero-order chi connectivity index (χ0) is 8.55. The number of rotatable bonds is 3. The number of hydrogen-bond acceptors (Lipinski definition) is 1. The molecule has 0 amide bonds. The van der Waals surface area contributed by atoms with Crippen molar-refractivity contribution in [2.45, 2.75) is 25.7 Å². The Kier molecular flexibility index (Phi) is 2.56. The van der Waals surface area contributed by atoms with Gasteiger partial charge in [0.05, 0.1) is 0 Å². The van der Waals surface area contributed by atoms with Gasteiger partial charge in [0, 0.05) is 15.1 Å². The molecule has 0 saturated heterocycles. The molecule has 2 unspecified atom stereocenters. The summed E-state index contributed by atoms with van der Waals surface area (Å²) in [4.78, 5) is 3.14. The fourth-order valence-corrected chi connectivity index (χ4v) is 3.43. The fourth-order valence-electron chi connectivity index (χ4n) is 1.55. The molecule has 2 atom stereocenters. The second-order valence-electron chi connectivity index (χ2n) is 3.41. The van der Waals surface area contributed by atoms with Gasteiger partial charge in [0.25, 0.3) is 0 Å².